The van der Waals surface area contributed by atoms with Crippen molar-refractivity contribution in [2.75, 3.05) is 17.6 Å². The van der Waals surface area contributed by atoms with E-state index in [-0.39, 0.29) is 11.8 Å². The van der Waals surface area contributed by atoms with E-state index in [0.29, 0.717) is 46.8 Å². The molecular weight excluding hydrogens is 436 g/mol. The average molecular weight is 457 g/mol. The Morgan fingerprint density at radius 2 is 1.97 bits per heavy atom. The van der Waals surface area contributed by atoms with Gasteiger partial charge in [0.2, 0.25) is 0 Å². The molecule has 1 aliphatic rings. The number of ketones is 1. The minimum Gasteiger partial charge on any atom is -0.351 e. The molecule has 2 heterocycles. The molecule has 0 spiro atoms. The van der Waals surface area contributed by atoms with E-state index in [2.05, 4.69) is 5.32 Å². The maximum Gasteiger partial charge on any atom is 0.323 e. The van der Waals surface area contributed by atoms with Crippen LogP contribution in [0.1, 0.15) is 12.0 Å². The van der Waals surface area contributed by atoms with Gasteiger partial charge in [-0.05, 0) is 30.2 Å². The van der Waals surface area contributed by atoms with Crippen LogP contribution in [0.2, 0.25) is 5.02 Å². The third-order valence-corrected chi connectivity index (χ3v) is 6.65. The van der Waals surface area contributed by atoms with Crippen molar-refractivity contribution in [1.82, 2.24) is 9.47 Å². The summed E-state index contributed by atoms with van der Waals surface area (Å²) in [5.41, 5.74) is 7.51. The summed E-state index contributed by atoms with van der Waals surface area (Å²) in [6, 6.07) is 13.6. The predicted molar refractivity (Wildman–Crippen MR) is 124 cm³/mol. The van der Waals surface area contributed by atoms with Crippen LogP contribution in [0.5, 0.6) is 0 Å². The van der Waals surface area contributed by atoms with Gasteiger partial charge in [0.15, 0.2) is 5.78 Å². The lowest BCUT2D eigenvalue weighted by atomic mass is 10.1. The number of nitrogens with one attached hydrogen (secondary N) is 1. The molecule has 1 saturated heterocycles. The Bertz CT molecular complexity index is 1160. The number of aromatic nitrogens is 1. The smallest absolute Gasteiger partial charge is 0.323 e. The van der Waals surface area contributed by atoms with Crippen molar-refractivity contribution in [2.24, 2.45) is 5.73 Å². The maximum atomic E-state index is 13.0. The molecule has 1 atom stereocenters. The number of urea groups is 1. The van der Waals surface area contributed by atoms with Crippen LogP contribution in [0.4, 0.5) is 15.3 Å². The van der Waals surface area contributed by atoms with Crippen LogP contribution >= 0.6 is 23.4 Å². The van der Waals surface area contributed by atoms with Gasteiger partial charge in [-0.1, -0.05) is 41.9 Å². The first-order valence-corrected chi connectivity index (χ1v) is 11.2. The number of hydrogen-bond donors (Lipinski definition) is 2. The number of anilines is 1. The van der Waals surface area contributed by atoms with Gasteiger partial charge in [-0.2, -0.15) is 0 Å². The first-order valence-electron chi connectivity index (χ1n) is 9.80. The largest absolute Gasteiger partial charge is 0.351 e. The second-order valence-corrected chi connectivity index (χ2v) is 8.84. The highest BCUT2D eigenvalue weighted by Crippen LogP contribution is 2.29. The monoisotopic (exact) mass is 456 g/mol. The summed E-state index contributed by atoms with van der Waals surface area (Å²) in [7, 11) is 0. The molecule has 4 rings (SSSR count). The van der Waals surface area contributed by atoms with E-state index in [9.17, 15) is 14.4 Å². The molecule has 3 amide bonds. The van der Waals surface area contributed by atoms with E-state index in [1.54, 1.807) is 29.2 Å². The number of nitrogens with two attached hydrogens (primary N) is 1. The van der Waals surface area contributed by atoms with Crippen LogP contribution in [0, 0.1) is 0 Å². The first kappa shape index (κ1) is 21.3. The molecule has 160 valence electrons. The standard InChI is InChI=1S/C22H21ClN4O3S/c23-15-5-3-4-14(12-15)8-9-19(28)20-26(10-11-31-20)22(30)25-17-13-27(21(24)29)18-7-2-1-6-16(17)18/h1-7,12-13,20H,8-11H2,(H2,24,29)(H,25,30)/t20-/m0/s1. The van der Waals surface area contributed by atoms with Crippen molar-refractivity contribution in [2.45, 2.75) is 18.2 Å². The zero-order valence-electron chi connectivity index (χ0n) is 16.6. The maximum absolute atomic E-state index is 13.0. The fourth-order valence-corrected chi connectivity index (χ4v) is 5.10. The zero-order chi connectivity index (χ0) is 22.0. The number of para-hydroxylation sites is 1. The molecule has 0 aliphatic carbocycles. The molecule has 1 fully saturated rings. The lowest BCUT2D eigenvalue weighted by Gasteiger charge is -2.23. The van der Waals surface area contributed by atoms with Crippen LogP contribution in [0.25, 0.3) is 10.9 Å². The number of thioether (sulfide) groups is 1. The minimum absolute atomic E-state index is 0.00260. The lowest BCUT2D eigenvalue weighted by molar-refractivity contribution is -0.120. The second kappa shape index (κ2) is 9.03. The number of amides is 3. The highest BCUT2D eigenvalue weighted by molar-refractivity contribution is 8.00. The molecule has 0 unspecified atom stereocenters. The van der Waals surface area contributed by atoms with Gasteiger partial charge in [-0.15, -0.1) is 11.8 Å². The van der Waals surface area contributed by atoms with Gasteiger partial charge in [-0.25, -0.2) is 9.59 Å². The number of rotatable bonds is 5. The highest BCUT2D eigenvalue weighted by atomic mass is 35.5. The molecule has 9 heteroatoms. The van der Waals surface area contributed by atoms with Gasteiger partial charge < -0.3 is 16.0 Å². The van der Waals surface area contributed by atoms with E-state index < -0.39 is 11.4 Å². The van der Waals surface area contributed by atoms with E-state index >= 15 is 0 Å². The molecule has 2 aromatic carbocycles. The quantitative estimate of drug-likeness (QED) is 0.597. The summed E-state index contributed by atoms with van der Waals surface area (Å²) in [5, 5.41) is 3.64. The highest BCUT2D eigenvalue weighted by Gasteiger charge is 2.34. The molecule has 1 aromatic heterocycles. The third kappa shape index (κ3) is 4.55. The Hall–Kier alpha value is -2.97. The van der Waals surface area contributed by atoms with Crippen LogP contribution in [-0.2, 0) is 11.2 Å². The van der Waals surface area contributed by atoms with Crippen LogP contribution < -0.4 is 11.1 Å². The fourth-order valence-electron chi connectivity index (χ4n) is 3.68. The molecule has 3 aromatic rings. The van der Waals surface area contributed by atoms with E-state index in [0.717, 1.165) is 5.56 Å². The van der Waals surface area contributed by atoms with Crippen LogP contribution in [0.3, 0.4) is 0 Å². The van der Waals surface area contributed by atoms with Gasteiger partial charge in [0, 0.05) is 35.3 Å². The minimum atomic E-state index is -0.637. The van der Waals surface area contributed by atoms with Crippen molar-refractivity contribution in [1.29, 1.82) is 0 Å². The lowest BCUT2D eigenvalue weighted by Crippen LogP contribution is -2.42. The topological polar surface area (TPSA) is 97.4 Å². The predicted octanol–water partition coefficient (Wildman–Crippen LogP) is 4.33. The fraction of sp³-hybridized carbons (Fsp3) is 0.227. The van der Waals surface area contributed by atoms with Gasteiger partial charge in [0.1, 0.15) is 5.37 Å². The molecule has 0 bridgehead atoms. The van der Waals surface area contributed by atoms with Gasteiger partial charge in [0.05, 0.1) is 11.2 Å². The molecule has 3 N–H and O–H groups in total. The molecule has 7 nitrogen and oxygen atoms in total. The summed E-state index contributed by atoms with van der Waals surface area (Å²) < 4.78 is 1.29. The number of halogens is 1. The van der Waals surface area contributed by atoms with Gasteiger partial charge in [0.25, 0.3) is 0 Å². The molecule has 31 heavy (non-hydrogen) atoms. The van der Waals surface area contributed by atoms with Crippen molar-refractivity contribution in [3.8, 4) is 0 Å². The molecule has 1 aliphatic heterocycles. The number of aryl methyl sites for hydroxylation is 1. The summed E-state index contributed by atoms with van der Waals surface area (Å²) >= 11 is 7.47. The summed E-state index contributed by atoms with van der Waals surface area (Å²) in [4.78, 5) is 39.1. The number of Topliss-reactive ketones (excluding diaryl/α,β-unsaturated/α-hetero) is 1. The Kier molecular flexibility index (Phi) is 6.20. The Balaban J connectivity index is 1.46. The normalized spacial score (nSPS) is 15.9. The Morgan fingerprint density at radius 3 is 2.74 bits per heavy atom. The summed E-state index contributed by atoms with van der Waals surface area (Å²) in [6.45, 7) is 0.471. The number of carbonyl (C=O) groups is 3. The number of carbonyl (C=O) groups excluding carboxylic acids is 3. The number of hydrogen-bond acceptors (Lipinski definition) is 4. The van der Waals surface area contributed by atoms with Crippen molar-refractivity contribution >= 4 is 57.8 Å². The van der Waals surface area contributed by atoms with Gasteiger partial charge in [-0.3, -0.25) is 9.36 Å². The molecule has 0 radical (unpaired) electrons. The van der Waals surface area contributed by atoms with E-state index in [4.69, 9.17) is 17.3 Å². The zero-order valence-corrected chi connectivity index (χ0v) is 18.2. The van der Waals surface area contributed by atoms with Crippen LogP contribution in [0.15, 0.2) is 54.7 Å². The average Bonchev–Trinajstić information content (AvgIpc) is 3.38. The van der Waals surface area contributed by atoms with E-state index in [1.807, 2.05) is 24.3 Å². The first-order chi connectivity index (χ1) is 14.9. The number of primary amides is 1. The molecule has 0 saturated carbocycles. The van der Waals surface area contributed by atoms with E-state index in [1.165, 1.54) is 22.5 Å². The summed E-state index contributed by atoms with van der Waals surface area (Å²) in [5.74, 6) is 0.682. The Morgan fingerprint density at radius 1 is 1.16 bits per heavy atom. The van der Waals surface area contributed by atoms with Crippen molar-refractivity contribution < 1.29 is 14.4 Å². The van der Waals surface area contributed by atoms with Crippen molar-refractivity contribution in [3.63, 3.8) is 0 Å². The van der Waals surface area contributed by atoms with Crippen LogP contribution in [-0.4, -0.2) is 45.0 Å². The second-order valence-electron chi connectivity index (χ2n) is 7.21. The number of fused-ring (bicyclic) bond motifs is 1. The summed E-state index contributed by atoms with van der Waals surface area (Å²) in [6.07, 6.45) is 2.39. The SMILES string of the molecule is NC(=O)n1cc(NC(=O)N2CCS[C@H]2C(=O)CCc2cccc(Cl)c2)c2ccccc21. The third-order valence-electron chi connectivity index (χ3n) is 5.17. The number of nitrogens with zero attached hydrogens (tertiary/aromatic N) is 2. The number of benzene rings is 2. The van der Waals surface area contributed by atoms with Crippen molar-refractivity contribution in [3.05, 3.63) is 65.3 Å². The van der Waals surface area contributed by atoms with Gasteiger partial charge >= 0.3 is 12.1 Å². The molecular formula is C22H21ClN4O3S. The Labute approximate surface area is 188 Å².